The SMILES string of the molecule is Cn1c(C(=O)O)cc2cccc(CN3CCCNCC3)c21. The average Bonchev–Trinajstić information content (AvgIpc) is 2.64. The summed E-state index contributed by atoms with van der Waals surface area (Å²) in [6.07, 6.45) is 1.16. The molecule has 0 saturated carbocycles. The number of carbonyl (C=O) groups is 1. The number of rotatable bonds is 3. The summed E-state index contributed by atoms with van der Waals surface area (Å²) in [6.45, 7) is 5.08. The van der Waals surface area contributed by atoms with E-state index in [0.717, 1.165) is 50.0 Å². The zero-order valence-corrected chi connectivity index (χ0v) is 12.3. The van der Waals surface area contributed by atoms with Crippen LogP contribution in [0.1, 0.15) is 22.5 Å². The number of aryl methyl sites for hydroxylation is 1. The molecule has 1 aromatic carbocycles. The molecular weight excluding hydrogens is 266 g/mol. The molecule has 1 aliphatic rings. The number of carboxylic acid groups (broad SMARTS) is 1. The highest BCUT2D eigenvalue weighted by Gasteiger charge is 2.16. The van der Waals surface area contributed by atoms with Gasteiger partial charge in [0, 0.05) is 32.1 Å². The second kappa shape index (κ2) is 5.87. The molecule has 0 spiro atoms. The molecule has 112 valence electrons. The maximum Gasteiger partial charge on any atom is 0.352 e. The van der Waals surface area contributed by atoms with Crippen molar-refractivity contribution in [2.75, 3.05) is 26.2 Å². The van der Waals surface area contributed by atoms with E-state index in [1.807, 2.05) is 19.2 Å². The number of hydrogen-bond donors (Lipinski definition) is 2. The number of nitrogens with one attached hydrogen (secondary N) is 1. The molecule has 1 aliphatic heterocycles. The van der Waals surface area contributed by atoms with Crippen LogP contribution in [0.3, 0.4) is 0 Å². The highest BCUT2D eigenvalue weighted by atomic mass is 16.4. The third kappa shape index (κ3) is 2.80. The fraction of sp³-hybridized carbons (Fsp3) is 0.438. The van der Waals surface area contributed by atoms with Crippen molar-refractivity contribution in [2.45, 2.75) is 13.0 Å². The Morgan fingerprint density at radius 1 is 1.33 bits per heavy atom. The third-order valence-electron chi connectivity index (χ3n) is 4.19. The van der Waals surface area contributed by atoms with Gasteiger partial charge in [-0.3, -0.25) is 4.90 Å². The van der Waals surface area contributed by atoms with Crippen molar-refractivity contribution >= 4 is 16.9 Å². The van der Waals surface area contributed by atoms with E-state index in [1.54, 1.807) is 10.6 Å². The van der Waals surface area contributed by atoms with E-state index >= 15 is 0 Å². The second-order valence-electron chi connectivity index (χ2n) is 5.63. The van der Waals surface area contributed by atoms with Crippen molar-refractivity contribution in [3.8, 4) is 0 Å². The number of para-hydroxylation sites is 1. The first-order valence-corrected chi connectivity index (χ1v) is 7.40. The van der Waals surface area contributed by atoms with E-state index in [2.05, 4.69) is 16.3 Å². The first-order chi connectivity index (χ1) is 10.2. The molecule has 5 nitrogen and oxygen atoms in total. The van der Waals surface area contributed by atoms with Crippen molar-refractivity contribution in [2.24, 2.45) is 7.05 Å². The highest BCUT2D eigenvalue weighted by Crippen LogP contribution is 2.24. The van der Waals surface area contributed by atoms with Crippen molar-refractivity contribution in [3.05, 3.63) is 35.5 Å². The smallest absolute Gasteiger partial charge is 0.352 e. The third-order valence-corrected chi connectivity index (χ3v) is 4.19. The predicted molar refractivity (Wildman–Crippen MR) is 82.6 cm³/mol. The monoisotopic (exact) mass is 287 g/mol. The van der Waals surface area contributed by atoms with Crippen molar-refractivity contribution in [1.82, 2.24) is 14.8 Å². The van der Waals surface area contributed by atoms with Crippen LogP contribution in [0, 0.1) is 0 Å². The van der Waals surface area contributed by atoms with Gasteiger partial charge in [-0.25, -0.2) is 4.79 Å². The summed E-state index contributed by atoms with van der Waals surface area (Å²) < 4.78 is 1.79. The Labute approximate surface area is 124 Å². The Balaban J connectivity index is 1.96. The first-order valence-electron chi connectivity index (χ1n) is 7.40. The molecule has 1 fully saturated rings. The molecular formula is C16H21N3O2. The van der Waals surface area contributed by atoms with E-state index in [-0.39, 0.29) is 0 Å². The van der Waals surface area contributed by atoms with Crippen LogP contribution in [0.25, 0.3) is 10.9 Å². The number of nitrogens with zero attached hydrogens (tertiary/aromatic N) is 2. The van der Waals surface area contributed by atoms with Gasteiger partial charge in [0.1, 0.15) is 5.69 Å². The van der Waals surface area contributed by atoms with Crippen LogP contribution in [0.2, 0.25) is 0 Å². The summed E-state index contributed by atoms with van der Waals surface area (Å²) in [5.41, 5.74) is 2.58. The minimum atomic E-state index is -0.876. The minimum absolute atomic E-state index is 0.343. The van der Waals surface area contributed by atoms with Gasteiger partial charge >= 0.3 is 5.97 Å². The number of carboxylic acids is 1. The van der Waals surface area contributed by atoms with Gasteiger partial charge in [0.2, 0.25) is 0 Å². The zero-order chi connectivity index (χ0) is 14.8. The Bertz CT molecular complexity index is 655. The summed E-state index contributed by atoms with van der Waals surface area (Å²) in [5, 5.41) is 13.7. The summed E-state index contributed by atoms with van der Waals surface area (Å²) in [6, 6.07) is 7.85. The number of hydrogen-bond acceptors (Lipinski definition) is 3. The topological polar surface area (TPSA) is 57.5 Å². The number of aromatic carboxylic acids is 1. The molecule has 0 unspecified atom stereocenters. The quantitative estimate of drug-likeness (QED) is 0.901. The number of fused-ring (bicyclic) bond motifs is 1. The molecule has 0 bridgehead atoms. The van der Waals surface area contributed by atoms with Gasteiger partial charge in [0.25, 0.3) is 0 Å². The van der Waals surface area contributed by atoms with Crippen molar-refractivity contribution < 1.29 is 9.90 Å². The largest absolute Gasteiger partial charge is 0.477 e. The lowest BCUT2D eigenvalue weighted by molar-refractivity contribution is 0.0687. The van der Waals surface area contributed by atoms with E-state index < -0.39 is 5.97 Å². The molecule has 0 aliphatic carbocycles. The van der Waals surface area contributed by atoms with Gasteiger partial charge < -0.3 is 15.0 Å². The lowest BCUT2D eigenvalue weighted by Gasteiger charge is -2.20. The molecule has 3 rings (SSSR count). The highest BCUT2D eigenvalue weighted by molar-refractivity contribution is 5.95. The summed E-state index contributed by atoms with van der Waals surface area (Å²) >= 11 is 0. The lowest BCUT2D eigenvalue weighted by atomic mass is 10.1. The van der Waals surface area contributed by atoms with Crippen LogP contribution in [0.15, 0.2) is 24.3 Å². The van der Waals surface area contributed by atoms with Gasteiger partial charge in [-0.2, -0.15) is 0 Å². The van der Waals surface area contributed by atoms with Crippen LogP contribution in [0.4, 0.5) is 0 Å². The van der Waals surface area contributed by atoms with Crippen LogP contribution in [-0.4, -0.2) is 46.7 Å². The fourth-order valence-corrected chi connectivity index (χ4v) is 3.13. The Morgan fingerprint density at radius 2 is 2.19 bits per heavy atom. The zero-order valence-electron chi connectivity index (χ0n) is 12.3. The van der Waals surface area contributed by atoms with E-state index in [1.165, 1.54) is 5.56 Å². The second-order valence-corrected chi connectivity index (χ2v) is 5.63. The lowest BCUT2D eigenvalue weighted by Crippen LogP contribution is -2.27. The molecule has 0 radical (unpaired) electrons. The Morgan fingerprint density at radius 3 is 3.00 bits per heavy atom. The van der Waals surface area contributed by atoms with E-state index in [9.17, 15) is 9.90 Å². The normalized spacial score (nSPS) is 17.0. The predicted octanol–water partition coefficient (Wildman–Crippen LogP) is 1.67. The van der Waals surface area contributed by atoms with Gasteiger partial charge in [0.15, 0.2) is 0 Å². The standard InChI is InChI=1S/C16H21N3O2/c1-18-14(16(20)21)10-12-4-2-5-13(15(12)18)11-19-8-3-6-17-7-9-19/h2,4-5,10,17H,3,6-9,11H2,1H3,(H,20,21). The van der Waals surface area contributed by atoms with Crippen LogP contribution < -0.4 is 5.32 Å². The minimum Gasteiger partial charge on any atom is -0.477 e. The Hall–Kier alpha value is -1.85. The molecule has 5 heteroatoms. The molecule has 0 atom stereocenters. The van der Waals surface area contributed by atoms with Crippen LogP contribution in [-0.2, 0) is 13.6 Å². The van der Waals surface area contributed by atoms with Crippen LogP contribution in [0.5, 0.6) is 0 Å². The van der Waals surface area contributed by atoms with Crippen molar-refractivity contribution in [1.29, 1.82) is 0 Å². The van der Waals surface area contributed by atoms with Gasteiger partial charge in [-0.15, -0.1) is 0 Å². The van der Waals surface area contributed by atoms with E-state index in [4.69, 9.17) is 0 Å². The molecule has 1 aromatic heterocycles. The van der Waals surface area contributed by atoms with Gasteiger partial charge in [-0.1, -0.05) is 18.2 Å². The van der Waals surface area contributed by atoms with Crippen LogP contribution >= 0.6 is 0 Å². The molecule has 2 N–H and O–H groups in total. The fourth-order valence-electron chi connectivity index (χ4n) is 3.13. The molecule has 2 aromatic rings. The maximum atomic E-state index is 11.3. The van der Waals surface area contributed by atoms with Crippen molar-refractivity contribution in [3.63, 3.8) is 0 Å². The summed E-state index contributed by atoms with van der Waals surface area (Å²) in [7, 11) is 1.83. The average molecular weight is 287 g/mol. The molecule has 2 heterocycles. The summed E-state index contributed by atoms with van der Waals surface area (Å²) in [4.78, 5) is 13.7. The molecule has 1 saturated heterocycles. The molecule has 0 amide bonds. The summed E-state index contributed by atoms with van der Waals surface area (Å²) in [5.74, 6) is -0.876. The number of benzene rings is 1. The maximum absolute atomic E-state index is 11.3. The molecule has 21 heavy (non-hydrogen) atoms. The first kappa shape index (κ1) is 14.1. The van der Waals surface area contributed by atoms with E-state index in [0.29, 0.717) is 5.69 Å². The Kier molecular flexibility index (Phi) is 3.94. The van der Waals surface area contributed by atoms with Gasteiger partial charge in [0.05, 0.1) is 5.52 Å². The van der Waals surface area contributed by atoms with Gasteiger partial charge in [-0.05, 0) is 31.1 Å². The number of aromatic nitrogens is 1.